The number of imide groups is 1. The van der Waals surface area contributed by atoms with Crippen LogP contribution >= 0.6 is 11.6 Å². The van der Waals surface area contributed by atoms with Crippen LogP contribution in [0.15, 0.2) is 42.5 Å². The van der Waals surface area contributed by atoms with Crippen LogP contribution in [0.4, 0.5) is 18.4 Å². The molecule has 1 spiro atoms. The van der Waals surface area contributed by atoms with Crippen LogP contribution < -0.4 is 5.32 Å². The van der Waals surface area contributed by atoms with Gasteiger partial charge in [0, 0.05) is 17.0 Å². The highest BCUT2D eigenvalue weighted by molar-refractivity contribution is 6.30. The number of nitrogens with zero attached hydrogens (tertiary/aromatic N) is 2. The molecule has 3 amide bonds. The molecule has 2 saturated heterocycles. The third-order valence-corrected chi connectivity index (χ3v) is 7.46. The van der Waals surface area contributed by atoms with Crippen LogP contribution in [0.5, 0.6) is 0 Å². The predicted octanol–water partition coefficient (Wildman–Crippen LogP) is 5.27. The summed E-state index contributed by atoms with van der Waals surface area (Å²) in [5.41, 5.74) is 2.94. The number of likely N-dealkylation sites (tertiary alicyclic amines) is 1. The molecule has 0 bridgehead atoms. The average Bonchev–Trinajstić information content (AvgIpc) is 3.40. The lowest BCUT2D eigenvalue weighted by Gasteiger charge is -2.39. The van der Waals surface area contributed by atoms with Crippen LogP contribution in [-0.2, 0) is 10.2 Å². The van der Waals surface area contributed by atoms with Crippen LogP contribution in [0, 0.1) is 11.6 Å². The van der Waals surface area contributed by atoms with Crippen molar-refractivity contribution in [2.45, 2.75) is 30.7 Å². The molecule has 2 aromatic rings. The number of carbonyl (C=O) groups excluding carboxylic acids is 2. The third-order valence-electron chi connectivity index (χ3n) is 7.23. The number of rotatable bonds is 5. The van der Waals surface area contributed by atoms with Crippen LogP contribution in [0.3, 0.4) is 0 Å². The van der Waals surface area contributed by atoms with Gasteiger partial charge in [-0.05, 0) is 79.9 Å². The van der Waals surface area contributed by atoms with Crippen LogP contribution in [0.25, 0.3) is 6.08 Å². The number of hydrogen-bond acceptors (Lipinski definition) is 4. The summed E-state index contributed by atoms with van der Waals surface area (Å²) < 4.78 is 31.9. The van der Waals surface area contributed by atoms with E-state index < -0.39 is 29.8 Å². The van der Waals surface area contributed by atoms with Gasteiger partial charge in [0.15, 0.2) is 11.6 Å². The first-order chi connectivity index (χ1) is 16.9. The molecule has 0 aromatic heterocycles. The number of amides is 3. The number of piperidine rings is 1. The Morgan fingerprint density at radius 1 is 1.14 bits per heavy atom. The van der Waals surface area contributed by atoms with E-state index in [1.54, 1.807) is 0 Å². The Morgan fingerprint density at radius 3 is 2.71 bits per heavy atom. The molecule has 0 saturated carbocycles. The van der Waals surface area contributed by atoms with Crippen LogP contribution in [0.1, 0.15) is 42.0 Å². The lowest BCUT2D eigenvalue weighted by atomic mass is 9.74. The Balaban J connectivity index is 1.10. The van der Waals surface area contributed by atoms with Crippen molar-refractivity contribution in [3.63, 3.8) is 0 Å². The van der Waals surface area contributed by atoms with Crippen molar-refractivity contribution >= 4 is 29.8 Å². The highest BCUT2D eigenvalue weighted by Gasteiger charge is 2.40. The van der Waals surface area contributed by atoms with Gasteiger partial charge in [-0.1, -0.05) is 35.9 Å². The van der Waals surface area contributed by atoms with E-state index in [0.717, 1.165) is 61.0 Å². The molecule has 1 N–H and O–H groups in total. The molecule has 9 heteroatoms. The molecule has 184 valence electrons. The maximum atomic E-state index is 13.6. The fourth-order valence-electron chi connectivity index (χ4n) is 5.27. The van der Waals surface area contributed by atoms with E-state index >= 15 is 0 Å². The van der Waals surface area contributed by atoms with Crippen molar-refractivity contribution in [1.82, 2.24) is 15.1 Å². The molecule has 2 aromatic carbocycles. The largest absolute Gasteiger partial charge is 0.446 e. The zero-order chi connectivity index (χ0) is 24.6. The normalized spacial score (nSPS) is 20.8. The van der Waals surface area contributed by atoms with E-state index in [4.69, 9.17) is 16.3 Å². The molecular weight excluding hydrogens is 476 g/mol. The first kappa shape index (κ1) is 23.8. The third kappa shape index (κ3) is 4.65. The van der Waals surface area contributed by atoms with Crippen LogP contribution in [-0.4, -0.2) is 54.7 Å². The fraction of sp³-hybridized carbons (Fsp3) is 0.385. The second-order valence-electron chi connectivity index (χ2n) is 9.28. The van der Waals surface area contributed by atoms with Crippen molar-refractivity contribution in [2.24, 2.45) is 0 Å². The number of benzene rings is 2. The number of nitrogens with one attached hydrogen (secondary N) is 1. The van der Waals surface area contributed by atoms with E-state index in [0.29, 0.717) is 12.1 Å². The number of halogens is 3. The number of ether oxygens (including phenoxy) is 1. The Hall–Kier alpha value is -2.97. The first-order valence-corrected chi connectivity index (χ1v) is 12.1. The van der Waals surface area contributed by atoms with E-state index in [1.165, 1.54) is 17.2 Å². The minimum absolute atomic E-state index is 0.0790. The molecule has 0 radical (unpaired) electrons. The SMILES string of the molecule is O=C(NCCCN1CCC2(C=Cc3cc(Cl)ccc32)CC1)N1C(=O)OCC1c1ccc(F)c(F)c1. The van der Waals surface area contributed by atoms with Gasteiger partial charge in [-0.3, -0.25) is 0 Å². The van der Waals surface area contributed by atoms with Gasteiger partial charge in [0.25, 0.3) is 0 Å². The van der Waals surface area contributed by atoms with Crippen molar-refractivity contribution < 1.29 is 23.1 Å². The Labute approximate surface area is 207 Å². The van der Waals surface area contributed by atoms with Gasteiger partial charge in [-0.25, -0.2) is 23.3 Å². The Kier molecular flexibility index (Phi) is 6.51. The highest BCUT2D eigenvalue weighted by Crippen LogP contribution is 2.44. The van der Waals surface area contributed by atoms with Gasteiger partial charge in [-0.2, -0.15) is 0 Å². The predicted molar refractivity (Wildman–Crippen MR) is 128 cm³/mol. The molecule has 1 unspecified atom stereocenters. The van der Waals surface area contributed by atoms with Gasteiger partial charge in [-0.15, -0.1) is 0 Å². The number of hydrogen-bond donors (Lipinski definition) is 1. The quantitative estimate of drug-likeness (QED) is 0.567. The lowest BCUT2D eigenvalue weighted by Crippen LogP contribution is -2.44. The minimum atomic E-state index is -1.04. The topological polar surface area (TPSA) is 61.9 Å². The summed E-state index contributed by atoms with van der Waals surface area (Å²) in [6, 6.07) is 8.02. The van der Waals surface area contributed by atoms with Gasteiger partial charge < -0.3 is 15.0 Å². The zero-order valence-electron chi connectivity index (χ0n) is 19.1. The molecular formula is C26H26ClF2N3O3. The molecule has 1 atom stereocenters. The van der Waals surface area contributed by atoms with E-state index in [-0.39, 0.29) is 12.0 Å². The summed E-state index contributed by atoms with van der Waals surface area (Å²) >= 11 is 6.14. The molecule has 2 aliphatic heterocycles. The lowest BCUT2D eigenvalue weighted by molar-refractivity contribution is 0.157. The smallest absolute Gasteiger partial charge is 0.418 e. The standard InChI is InChI=1S/C26H26ClF2N3O3/c27-19-3-4-20-17(14-19)6-7-26(20)8-12-31(13-9-26)11-1-10-30-24(33)32-23(16-35-25(32)34)18-2-5-21(28)22(29)15-18/h2-7,14-15,23H,1,8-13,16H2,(H,30,33). The van der Waals surface area contributed by atoms with Gasteiger partial charge >= 0.3 is 12.1 Å². The van der Waals surface area contributed by atoms with Crippen molar-refractivity contribution in [1.29, 1.82) is 0 Å². The monoisotopic (exact) mass is 501 g/mol. The average molecular weight is 502 g/mol. The number of cyclic esters (lactones) is 1. The molecule has 2 fully saturated rings. The summed E-state index contributed by atoms with van der Waals surface area (Å²) in [4.78, 5) is 28.1. The Bertz CT molecular complexity index is 1180. The molecule has 6 nitrogen and oxygen atoms in total. The van der Waals surface area contributed by atoms with Crippen molar-refractivity contribution in [3.8, 4) is 0 Å². The first-order valence-electron chi connectivity index (χ1n) is 11.8. The maximum Gasteiger partial charge on any atom is 0.418 e. The number of allylic oxidation sites excluding steroid dienone is 1. The molecule has 2 heterocycles. The minimum Gasteiger partial charge on any atom is -0.446 e. The molecule has 5 rings (SSSR count). The van der Waals surface area contributed by atoms with Crippen molar-refractivity contribution in [2.75, 3.05) is 32.8 Å². The molecule has 1 aliphatic carbocycles. The fourth-order valence-corrected chi connectivity index (χ4v) is 5.45. The van der Waals surface area contributed by atoms with Crippen LogP contribution in [0.2, 0.25) is 5.02 Å². The number of fused-ring (bicyclic) bond motifs is 2. The second-order valence-corrected chi connectivity index (χ2v) is 9.72. The summed E-state index contributed by atoms with van der Waals surface area (Å²) in [7, 11) is 0. The summed E-state index contributed by atoms with van der Waals surface area (Å²) in [5, 5.41) is 3.51. The summed E-state index contributed by atoms with van der Waals surface area (Å²) in [5.74, 6) is -2.03. The van der Waals surface area contributed by atoms with E-state index in [1.807, 2.05) is 12.1 Å². The van der Waals surface area contributed by atoms with E-state index in [9.17, 15) is 18.4 Å². The van der Waals surface area contributed by atoms with E-state index in [2.05, 4.69) is 28.4 Å². The molecule has 35 heavy (non-hydrogen) atoms. The number of urea groups is 1. The second kappa shape index (κ2) is 9.59. The Morgan fingerprint density at radius 2 is 1.94 bits per heavy atom. The number of carbonyl (C=O) groups is 2. The summed E-state index contributed by atoms with van der Waals surface area (Å²) in [6.45, 7) is 3.02. The van der Waals surface area contributed by atoms with Crippen molar-refractivity contribution in [3.05, 3.63) is 75.8 Å². The summed E-state index contributed by atoms with van der Waals surface area (Å²) in [6.07, 6.45) is 6.46. The zero-order valence-corrected chi connectivity index (χ0v) is 19.9. The maximum absolute atomic E-state index is 13.6. The van der Waals surface area contributed by atoms with Gasteiger partial charge in [0.05, 0.1) is 0 Å². The van der Waals surface area contributed by atoms with Gasteiger partial charge in [0.1, 0.15) is 12.6 Å². The van der Waals surface area contributed by atoms with Gasteiger partial charge in [0.2, 0.25) is 0 Å². The highest BCUT2D eigenvalue weighted by atomic mass is 35.5. The molecule has 3 aliphatic rings.